The first kappa shape index (κ1) is 17.7. The number of rotatable bonds is 4. The van der Waals surface area contributed by atoms with Gasteiger partial charge in [-0.25, -0.2) is 9.18 Å². The number of carbonyl (C=O) groups is 1. The third-order valence-electron chi connectivity index (χ3n) is 4.01. The summed E-state index contributed by atoms with van der Waals surface area (Å²) in [4.78, 5) is 11.8. The van der Waals surface area contributed by atoms with Gasteiger partial charge in [-0.2, -0.15) is 0 Å². The summed E-state index contributed by atoms with van der Waals surface area (Å²) in [6, 6.07) is 7.15. The molecular formula is C18H27FN2O2. The molecule has 0 aromatic heterocycles. The quantitative estimate of drug-likeness (QED) is 0.883. The maximum absolute atomic E-state index is 13.8. The Kier molecular flexibility index (Phi) is 5.63. The molecule has 0 spiro atoms. The van der Waals surface area contributed by atoms with Crippen molar-refractivity contribution in [3.63, 3.8) is 0 Å². The van der Waals surface area contributed by atoms with Gasteiger partial charge in [-0.1, -0.05) is 18.2 Å². The first-order chi connectivity index (χ1) is 10.7. The monoisotopic (exact) mass is 322 g/mol. The summed E-state index contributed by atoms with van der Waals surface area (Å²) >= 11 is 0. The Balaban J connectivity index is 1.81. The van der Waals surface area contributed by atoms with Crippen LogP contribution in [0.15, 0.2) is 24.3 Å². The molecule has 0 saturated heterocycles. The Bertz CT molecular complexity index is 542. The maximum Gasteiger partial charge on any atom is 0.407 e. The van der Waals surface area contributed by atoms with Crippen molar-refractivity contribution in [2.75, 3.05) is 0 Å². The number of carbonyl (C=O) groups excluding carboxylic acids is 1. The molecule has 3 unspecified atom stereocenters. The van der Waals surface area contributed by atoms with E-state index in [4.69, 9.17) is 4.74 Å². The molecule has 1 saturated carbocycles. The van der Waals surface area contributed by atoms with E-state index in [1.54, 1.807) is 12.1 Å². The predicted molar refractivity (Wildman–Crippen MR) is 88.7 cm³/mol. The average Bonchev–Trinajstić information content (AvgIpc) is 2.83. The van der Waals surface area contributed by atoms with Gasteiger partial charge in [0.25, 0.3) is 0 Å². The first-order valence-electron chi connectivity index (χ1n) is 8.24. The van der Waals surface area contributed by atoms with E-state index in [0.717, 1.165) is 19.3 Å². The fourth-order valence-corrected chi connectivity index (χ4v) is 3.01. The van der Waals surface area contributed by atoms with E-state index in [1.807, 2.05) is 33.8 Å². The van der Waals surface area contributed by atoms with Crippen LogP contribution >= 0.6 is 0 Å². The highest BCUT2D eigenvalue weighted by atomic mass is 19.1. The van der Waals surface area contributed by atoms with Crippen LogP contribution < -0.4 is 10.6 Å². The van der Waals surface area contributed by atoms with E-state index < -0.39 is 5.60 Å². The van der Waals surface area contributed by atoms with Gasteiger partial charge in [-0.05, 0) is 53.0 Å². The molecule has 4 nitrogen and oxygen atoms in total. The number of nitrogens with one attached hydrogen (secondary N) is 2. The number of hydrogen-bond donors (Lipinski definition) is 2. The van der Waals surface area contributed by atoms with Crippen LogP contribution in [0.3, 0.4) is 0 Å². The lowest BCUT2D eigenvalue weighted by Gasteiger charge is -2.22. The molecule has 0 aliphatic heterocycles. The van der Waals surface area contributed by atoms with E-state index in [-0.39, 0.29) is 30.0 Å². The van der Waals surface area contributed by atoms with Gasteiger partial charge in [0, 0.05) is 23.7 Å². The molecule has 1 amide bonds. The fraction of sp³-hybridized carbons (Fsp3) is 0.611. The zero-order valence-electron chi connectivity index (χ0n) is 14.4. The van der Waals surface area contributed by atoms with Crippen LogP contribution in [0.2, 0.25) is 0 Å². The average molecular weight is 322 g/mol. The molecule has 2 N–H and O–H groups in total. The van der Waals surface area contributed by atoms with Crippen molar-refractivity contribution in [3.05, 3.63) is 35.6 Å². The Labute approximate surface area is 137 Å². The molecular weight excluding hydrogens is 295 g/mol. The Hall–Kier alpha value is -1.62. The van der Waals surface area contributed by atoms with Crippen molar-refractivity contribution in [2.45, 2.75) is 70.7 Å². The van der Waals surface area contributed by atoms with Crippen LogP contribution in [0, 0.1) is 5.82 Å². The third-order valence-corrected chi connectivity index (χ3v) is 4.01. The summed E-state index contributed by atoms with van der Waals surface area (Å²) in [6.07, 6.45) is 2.32. The van der Waals surface area contributed by atoms with Gasteiger partial charge in [0.1, 0.15) is 11.4 Å². The highest BCUT2D eigenvalue weighted by Crippen LogP contribution is 2.24. The normalized spacial score (nSPS) is 22.7. The second kappa shape index (κ2) is 7.30. The second-order valence-electron chi connectivity index (χ2n) is 7.26. The maximum atomic E-state index is 13.8. The number of amides is 1. The topological polar surface area (TPSA) is 50.4 Å². The van der Waals surface area contributed by atoms with Crippen LogP contribution in [0.4, 0.5) is 9.18 Å². The molecule has 2 rings (SSSR count). The van der Waals surface area contributed by atoms with Crippen LogP contribution in [0.5, 0.6) is 0 Å². The standard InChI is InChI=1S/C18H27FN2O2/c1-12(15-7-5-6-8-16(15)19)20-13-9-10-14(11-13)21-17(22)23-18(2,3)4/h5-8,12-14,20H,9-11H2,1-4H3,(H,21,22). The minimum Gasteiger partial charge on any atom is -0.444 e. The van der Waals surface area contributed by atoms with E-state index >= 15 is 0 Å². The number of alkyl carbamates (subject to hydrolysis) is 1. The summed E-state index contributed by atoms with van der Waals surface area (Å²) in [5, 5.41) is 6.37. The summed E-state index contributed by atoms with van der Waals surface area (Å²) in [6.45, 7) is 7.51. The van der Waals surface area contributed by atoms with E-state index in [1.165, 1.54) is 6.07 Å². The molecule has 0 radical (unpaired) electrons. The van der Waals surface area contributed by atoms with Gasteiger partial charge in [0.2, 0.25) is 0 Å². The molecule has 5 heteroatoms. The molecule has 1 aromatic carbocycles. The first-order valence-corrected chi connectivity index (χ1v) is 8.24. The van der Waals surface area contributed by atoms with Crippen molar-refractivity contribution in [1.82, 2.24) is 10.6 Å². The SMILES string of the molecule is CC(NC1CCC(NC(=O)OC(C)(C)C)C1)c1ccccc1F. The van der Waals surface area contributed by atoms with Gasteiger partial charge in [-0.3, -0.25) is 0 Å². The van der Waals surface area contributed by atoms with Crippen molar-refractivity contribution < 1.29 is 13.9 Å². The Morgan fingerprint density at radius 1 is 1.26 bits per heavy atom. The number of benzene rings is 1. The summed E-state index contributed by atoms with van der Waals surface area (Å²) < 4.78 is 19.1. The summed E-state index contributed by atoms with van der Waals surface area (Å²) in [5.41, 5.74) is 0.190. The van der Waals surface area contributed by atoms with Crippen LogP contribution in [-0.4, -0.2) is 23.8 Å². The number of ether oxygens (including phenoxy) is 1. The highest BCUT2D eigenvalue weighted by Gasteiger charge is 2.28. The molecule has 1 aliphatic carbocycles. The van der Waals surface area contributed by atoms with Gasteiger partial charge in [0.15, 0.2) is 0 Å². The fourth-order valence-electron chi connectivity index (χ4n) is 3.01. The van der Waals surface area contributed by atoms with Crippen molar-refractivity contribution in [3.8, 4) is 0 Å². The molecule has 1 aromatic rings. The predicted octanol–water partition coefficient (Wildman–Crippen LogP) is 3.92. The molecule has 0 bridgehead atoms. The van der Waals surface area contributed by atoms with E-state index in [2.05, 4.69) is 10.6 Å². The second-order valence-corrected chi connectivity index (χ2v) is 7.26. The zero-order chi connectivity index (χ0) is 17.0. The van der Waals surface area contributed by atoms with Crippen LogP contribution in [-0.2, 0) is 4.74 Å². The molecule has 1 fully saturated rings. The smallest absolute Gasteiger partial charge is 0.407 e. The minimum atomic E-state index is -0.486. The number of hydrogen-bond acceptors (Lipinski definition) is 3. The van der Waals surface area contributed by atoms with Crippen LogP contribution in [0.25, 0.3) is 0 Å². The molecule has 3 atom stereocenters. The van der Waals surface area contributed by atoms with Gasteiger partial charge in [0.05, 0.1) is 0 Å². The third kappa shape index (κ3) is 5.50. The Morgan fingerprint density at radius 3 is 2.57 bits per heavy atom. The van der Waals surface area contributed by atoms with Crippen molar-refractivity contribution in [1.29, 1.82) is 0 Å². The lowest BCUT2D eigenvalue weighted by molar-refractivity contribution is 0.0505. The van der Waals surface area contributed by atoms with Crippen molar-refractivity contribution >= 4 is 6.09 Å². The van der Waals surface area contributed by atoms with Gasteiger partial charge >= 0.3 is 6.09 Å². The Morgan fingerprint density at radius 2 is 1.91 bits per heavy atom. The van der Waals surface area contributed by atoms with Gasteiger partial charge < -0.3 is 15.4 Å². The molecule has 1 aliphatic rings. The highest BCUT2D eigenvalue weighted by molar-refractivity contribution is 5.68. The van der Waals surface area contributed by atoms with E-state index in [9.17, 15) is 9.18 Å². The summed E-state index contributed by atoms with van der Waals surface area (Å²) in [7, 11) is 0. The van der Waals surface area contributed by atoms with Crippen LogP contribution in [0.1, 0.15) is 58.6 Å². The molecule has 23 heavy (non-hydrogen) atoms. The zero-order valence-corrected chi connectivity index (χ0v) is 14.4. The largest absolute Gasteiger partial charge is 0.444 e. The van der Waals surface area contributed by atoms with Crippen molar-refractivity contribution in [2.24, 2.45) is 0 Å². The lowest BCUT2D eigenvalue weighted by atomic mass is 10.1. The van der Waals surface area contributed by atoms with Gasteiger partial charge in [-0.15, -0.1) is 0 Å². The minimum absolute atomic E-state index is 0.0542. The lowest BCUT2D eigenvalue weighted by Crippen LogP contribution is -2.39. The van der Waals surface area contributed by atoms with E-state index in [0.29, 0.717) is 5.56 Å². The molecule has 0 heterocycles. The number of halogens is 1. The molecule has 128 valence electrons. The summed E-state index contributed by atoms with van der Waals surface area (Å²) in [5.74, 6) is -0.186.